The van der Waals surface area contributed by atoms with Crippen LogP contribution in [-0.2, 0) is 0 Å². The molecule has 0 unspecified atom stereocenters. The Morgan fingerprint density at radius 3 is 2.48 bits per heavy atom. The maximum atomic E-state index is 6.10. The van der Waals surface area contributed by atoms with E-state index in [9.17, 15) is 0 Å². The maximum Gasteiger partial charge on any atom is 0.302 e. The molecule has 1 aromatic heterocycles. The number of hydrogen-bond donors (Lipinski definition) is 0. The van der Waals surface area contributed by atoms with Crippen molar-refractivity contribution in [2.75, 3.05) is 20.1 Å². The van der Waals surface area contributed by atoms with Crippen LogP contribution in [0, 0.1) is 0 Å². The van der Waals surface area contributed by atoms with E-state index in [1.54, 1.807) is 0 Å². The van der Waals surface area contributed by atoms with E-state index < -0.39 is 0 Å². The quantitative estimate of drug-likeness (QED) is 0.738. The number of imidazole rings is 1. The van der Waals surface area contributed by atoms with Crippen LogP contribution < -0.4 is 4.74 Å². The van der Waals surface area contributed by atoms with Gasteiger partial charge in [-0.3, -0.25) is 9.47 Å². The van der Waals surface area contributed by atoms with Gasteiger partial charge < -0.3 is 4.74 Å². The fourth-order valence-electron chi connectivity index (χ4n) is 2.77. The SMILES string of the molecule is CN1CC(Oc2nc3ccccc3n2-c2ccccc2)C1. The van der Waals surface area contributed by atoms with Gasteiger partial charge in [0.15, 0.2) is 0 Å². The number of benzene rings is 2. The number of para-hydroxylation sites is 3. The van der Waals surface area contributed by atoms with Gasteiger partial charge in [-0.05, 0) is 31.3 Å². The Kier molecular flexibility index (Phi) is 2.89. The van der Waals surface area contributed by atoms with E-state index in [0.29, 0.717) is 6.01 Å². The van der Waals surface area contributed by atoms with Gasteiger partial charge in [0.1, 0.15) is 6.10 Å². The fourth-order valence-corrected chi connectivity index (χ4v) is 2.77. The Labute approximate surface area is 123 Å². The van der Waals surface area contributed by atoms with Gasteiger partial charge in [-0.15, -0.1) is 0 Å². The molecule has 2 heterocycles. The van der Waals surface area contributed by atoms with Gasteiger partial charge in [-0.25, -0.2) is 0 Å². The maximum absolute atomic E-state index is 6.10. The Morgan fingerprint density at radius 1 is 1.00 bits per heavy atom. The van der Waals surface area contributed by atoms with E-state index in [-0.39, 0.29) is 6.10 Å². The summed E-state index contributed by atoms with van der Waals surface area (Å²) in [4.78, 5) is 6.89. The normalized spacial score (nSPS) is 16.0. The Balaban J connectivity index is 1.81. The molecule has 4 nitrogen and oxygen atoms in total. The summed E-state index contributed by atoms with van der Waals surface area (Å²) in [6.45, 7) is 1.91. The topological polar surface area (TPSA) is 30.3 Å². The van der Waals surface area contributed by atoms with Gasteiger partial charge in [-0.1, -0.05) is 30.3 Å². The minimum Gasteiger partial charge on any atom is -0.458 e. The van der Waals surface area contributed by atoms with Gasteiger partial charge in [0, 0.05) is 13.1 Å². The fraction of sp³-hybridized carbons (Fsp3) is 0.235. The number of ether oxygens (including phenoxy) is 1. The van der Waals surface area contributed by atoms with Crippen molar-refractivity contribution in [2.45, 2.75) is 6.10 Å². The van der Waals surface area contributed by atoms with Crippen molar-refractivity contribution in [1.82, 2.24) is 14.5 Å². The molecule has 0 radical (unpaired) electrons. The number of likely N-dealkylation sites (N-methyl/N-ethyl adjacent to an activating group) is 1. The van der Waals surface area contributed by atoms with Crippen molar-refractivity contribution in [2.24, 2.45) is 0 Å². The van der Waals surface area contributed by atoms with Gasteiger partial charge >= 0.3 is 6.01 Å². The number of aromatic nitrogens is 2. The molecular weight excluding hydrogens is 262 g/mol. The van der Waals surface area contributed by atoms with Crippen molar-refractivity contribution >= 4 is 11.0 Å². The van der Waals surface area contributed by atoms with Crippen LogP contribution in [0.1, 0.15) is 0 Å². The largest absolute Gasteiger partial charge is 0.458 e. The molecule has 0 amide bonds. The van der Waals surface area contributed by atoms with Gasteiger partial charge in [0.25, 0.3) is 0 Å². The van der Waals surface area contributed by atoms with Crippen molar-refractivity contribution in [3.05, 3.63) is 54.6 Å². The average molecular weight is 279 g/mol. The van der Waals surface area contributed by atoms with E-state index in [0.717, 1.165) is 29.8 Å². The number of fused-ring (bicyclic) bond motifs is 1. The number of hydrogen-bond acceptors (Lipinski definition) is 3. The molecule has 0 spiro atoms. The zero-order valence-corrected chi connectivity index (χ0v) is 11.9. The summed E-state index contributed by atoms with van der Waals surface area (Å²) in [6.07, 6.45) is 0.231. The molecule has 4 rings (SSSR count). The summed E-state index contributed by atoms with van der Waals surface area (Å²) in [5.41, 5.74) is 3.12. The zero-order chi connectivity index (χ0) is 14.2. The molecule has 0 atom stereocenters. The molecule has 4 heteroatoms. The molecule has 1 fully saturated rings. The molecule has 0 N–H and O–H groups in total. The predicted octanol–water partition coefficient (Wildman–Crippen LogP) is 2.72. The van der Waals surface area contributed by atoms with Crippen LogP contribution in [0.25, 0.3) is 16.7 Å². The molecule has 1 aliphatic rings. The van der Waals surface area contributed by atoms with E-state index in [1.165, 1.54) is 0 Å². The Morgan fingerprint density at radius 2 is 1.71 bits per heavy atom. The summed E-state index contributed by atoms with van der Waals surface area (Å²) in [6, 6.07) is 19.1. The smallest absolute Gasteiger partial charge is 0.302 e. The van der Waals surface area contributed by atoms with E-state index in [4.69, 9.17) is 4.74 Å². The van der Waals surface area contributed by atoms with Gasteiger partial charge in [0.2, 0.25) is 0 Å². The van der Waals surface area contributed by atoms with Crippen molar-refractivity contribution in [3.63, 3.8) is 0 Å². The van der Waals surface area contributed by atoms with E-state index in [2.05, 4.69) is 39.7 Å². The third kappa shape index (κ3) is 2.17. The highest BCUT2D eigenvalue weighted by atomic mass is 16.5. The molecule has 1 saturated heterocycles. The second-order valence-electron chi connectivity index (χ2n) is 5.52. The molecule has 106 valence electrons. The van der Waals surface area contributed by atoms with Crippen molar-refractivity contribution in [3.8, 4) is 11.7 Å². The lowest BCUT2D eigenvalue weighted by Crippen LogP contribution is -2.51. The van der Waals surface area contributed by atoms with Crippen LogP contribution in [0.4, 0.5) is 0 Å². The highest BCUT2D eigenvalue weighted by molar-refractivity contribution is 5.79. The Bertz CT molecular complexity index is 760. The summed E-state index contributed by atoms with van der Waals surface area (Å²) in [5, 5.41) is 0. The molecule has 21 heavy (non-hydrogen) atoms. The Hall–Kier alpha value is -2.33. The summed E-state index contributed by atoms with van der Waals surface area (Å²) >= 11 is 0. The first-order valence-electron chi connectivity index (χ1n) is 7.19. The van der Waals surface area contributed by atoms with E-state index >= 15 is 0 Å². The number of rotatable bonds is 3. The average Bonchev–Trinajstić information content (AvgIpc) is 2.84. The first-order valence-corrected chi connectivity index (χ1v) is 7.19. The third-order valence-corrected chi connectivity index (χ3v) is 3.85. The summed E-state index contributed by atoms with van der Waals surface area (Å²) < 4.78 is 8.19. The minimum atomic E-state index is 0.231. The van der Waals surface area contributed by atoms with Gasteiger partial charge in [0.05, 0.1) is 16.7 Å². The molecule has 3 aromatic rings. The molecule has 1 aliphatic heterocycles. The second-order valence-corrected chi connectivity index (χ2v) is 5.52. The lowest BCUT2D eigenvalue weighted by atomic mass is 10.2. The van der Waals surface area contributed by atoms with Crippen molar-refractivity contribution < 1.29 is 4.74 Å². The first-order chi connectivity index (χ1) is 10.3. The van der Waals surface area contributed by atoms with Crippen LogP contribution in [0.5, 0.6) is 6.01 Å². The van der Waals surface area contributed by atoms with Gasteiger partial charge in [-0.2, -0.15) is 4.98 Å². The van der Waals surface area contributed by atoms with Crippen LogP contribution >= 0.6 is 0 Å². The third-order valence-electron chi connectivity index (χ3n) is 3.85. The standard InChI is InChI=1S/C17H17N3O/c1-19-11-14(12-19)21-17-18-15-9-5-6-10-16(15)20(17)13-7-3-2-4-8-13/h2-10,14H,11-12H2,1H3. The second kappa shape index (κ2) is 4.90. The highest BCUT2D eigenvalue weighted by Gasteiger charge is 2.27. The molecular formula is C17H17N3O. The van der Waals surface area contributed by atoms with E-state index in [1.807, 2.05) is 36.4 Å². The number of nitrogens with zero attached hydrogens (tertiary/aromatic N) is 3. The lowest BCUT2D eigenvalue weighted by molar-refractivity contribution is 0.0313. The monoisotopic (exact) mass is 279 g/mol. The lowest BCUT2D eigenvalue weighted by Gasteiger charge is -2.35. The first kappa shape index (κ1) is 12.4. The van der Waals surface area contributed by atoms with Crippen LogP contribution in [-0.4, -0.2) is 40.7 Å². The summed E-state index contributed by atoms with van der Waals surface area (Å²) in [7, 11) is 2.10. The highest BCUT2D eigenvalue weighted by Crippen LogP contribution is 2.27. The van der Waals surface area contributed by atoms with Crippen molar-refractivity contribution in [1.29, 1.82) is 0 Å². The molecule has 2 aromatic carbocycles. The zero-order valence-electron chi connectivity index (χ0n) is 11.9. The molecule has 0 saturated carbocycles. The van der Waals surface area contributed by atoms with Crippen LogP contribution in [0.2, 0.25) is 0 Å². The minimum absolute atomic E-state index is 0.231. The summed E-state index contributed by atoms with van der Waals surface area (Å²) in [5.74, 6) is 0. The predicted molar refractivity (Wildman–Crippen MR) is 83.0 cm³/mol. The molecule has 0 bridgehead atoms. The van der Waals surface area contributed by atoms with Crippen LogP contribution in [0.3, 0.4) is 0 Å². The number of likely N-dealkylation sites (tertiary alicyclic amines) is 1. The molecule has 0 aliphatic carbocycles. The van der Waals surface area contributed by atoms with Crippen LogP contribution in [0.15, 0.2) is 54.6 Å².